The minimum absolute atomic E-state index is 0.203. The van der Waals surface area contributed by atoms with Crippen LogP contribution in [0.25, 0.3) is 10.8 Å². The van der Waals surface area contributed by atoms with Crippen molar-refractivity contribution in [2.45, 2.75) is 56.9 Å². The summed E-state index contributed by atoms with van der Waals surface area (Å²) in [5.74, 6) is -2.02. The molecule has 3 aliphatic rings. The van der Waals surface area contributed by atoms with Gasteiger partial charge in [-0.3, -0.25) is 14.4 Å². The summed E-state index contributed by atoms with van der Waals surface area (Å²) in [6.45, 7) is 13.9. The Morgan fingerprint density at radius 3 is 2.28 bits per heavy atom. The maximum absolute atomic E-state index is 14.9. The summed E-state index contributed by atoms with van der Waals surface area (Å²) in [5, 5.41) is 12.4. The van der Waals surface area contributed by atoms with Gasteiger partial charge in [-0.25, -0.2) is 0 Å². The van der Waals surface area contributed by atoms with E-state index >= 15 is 0 Å². The number of nitrogens with zero attached hydrogens (tertiary/aromatic N) is 3. The number of aliphatic hydroxyl groups is 1. The summed E-state index contributed by atoms with van der Waals surface area (Å²) >= 11 is 0. The number of rotatable bonds is 12. The zero-order chi connectivity index (χ0) is 33.5. The molecule has 0 saturated carbocycles. The Morgan fingerprint density at radius 2 is 1.64 bits per heavy atom. The lowest BCUT2D eigenvalue weighted by molar-refractivity contribution is -0.147. The number of fused-ring (bicyclic) bond motifs is 2. The number of likely N-dealkylation sites (tertiary alicyclic amines) is 1. The molecule has 1 spiro atoms. The van der Waals surface area contributed by atoms with Crippen LogP contribution in [0.15, 0.2) is 92.0 Å². The van der Waals surface area contributed by atoms with Crippen molar-refractivity contribution in [2.24, 2.45) is 11.8 Å². The molecule has 2 bridgehead atoms. The molecule has 3 amide bonds. The van der Waals surface area contributed by atoms with Gasteiger partial charge in [0.2, 0.25) is 11.8 Å². The fourth-order valence-corrected chi connectivity index (χ4v) is 8.03. The van der Waals surface area contributed by atoms with E-state index in [4.69, 9.17) is 9.47 Å². The van der Waals surface area contributed by atoms with Gasteiger partial charge in [0.1, 0.15) is 17.4 Å². The normalized spacial score (nSPS) is 26.6. The number of benzene rings is 3. The first kappa shape index (κ1) is 32.5. The largest absolute Gasteiger partial charge is 0.494 e. The van der Waals surface area contributed by atoms with E-state index in [2.05, 4.69) is 13.2 Å². The number of hydrogen-bond donors (Lipinski definition) is 1. The molecule has 0 aliphatic carbocycles. The smallest absolute Gasteiger partial charge is 0.253 e. The third-order valence-corrected chi connectivity index (χ3v) is 10.1. The Balaban J connectivity index is 1.42. The van der Waals surface area contributed by atoms with Crippen LogP contribution in [0.4, 0.5) is 11.4 Å². The number of anilines is 2. The molecule has 6 rings (SSSR count). The minimum atomic E-state index is -1.25. The lowest BCUT2D eigenvalue weighted by Crippen LogP contribution is -2.58. The highest BCUT2D eigenvalue weighted by molar-refractivity contribution is 6.07. The van der Waals surface area contributed by atoms with Gasteiger partial charge in [0.25, 0.3) is 5.91 Å². The molecule has 47 heavy (non-hydrogen) atoms. The molecular formula is C38H43N3O6. The summed E-state index contributed by atoms with van der Waals surface area (Å²) in [6.07, 6.45) is 4.24. The van der Waals surface area contributed by atoms with Crippen LogP contribution in [0.5, 0.6) is 5.75 Å². The molecule has 3 aromatic rings. The second kappa shape index (κ2) is 12.6. The topological polar surface area (TPSA) is 99.6 Å². The predicted octanol–water partition coefficient (Wildman–Crippen LogP) is 5.12. The Kier molecular flexibility index (Phi) is 8.72. The highest BCUT2D eigenvalue weighted by Gasteiger charge is 2.78. The second-order valence-electron chi connectivity index (χ2n) is 12.9. The van der Waals surface area contributed by atoms with Gasteiger partial charge < -0.3 is 29.3 Å². The van der Waals surface area contributed by atoms with Crippen molar-refractivity contribution >= 4 is 39.9 Å². The molecule has 0 radical (unpaired) electrons. The predicted molar refractivity (Wildman–Crippen MR) is 182 cm³/mol. The van der Waals surface area contributed by atoms with Crippen LogP contribution in [0.3, 0.4) is 0 Å². The zero-order valence-corrected chi connectivity index (χ0v) is 27.3. The van der Waals surface area contributed by atoms with E-state index in [9.17, 15) is 19.5 Å². The highest BCUT2D eigenvalue weighted by Crippen LogP contribution is 2.64. The Bertz CT molecular complexity index is 1710. The van der Waals surface area contributed by atoms with Crippen molar-refractivity contribution in [3.63, 3.8) is 0 Å². The van der Waals surface area contributed by atoms with Crippen molar-refractivity contribution in [2.75, 3.05) is 36.1 Å². The molecule has 2 unspecified atom stereocenters. The first-order valence-corrected chi connectivity index (χ1v) is 16.3. The van der Waals surface area contributed by atoms with Crippen molar-refractivity contribution in [1.29, 1.82) is 0 Å². The molecule has 3 aliphatic heterocycles. The molecule has 3 fully saturated rings. The zero-order valence-electron chi connectivity index (χ0n) is 27.3. The van der Waals surface area contributed by atoms with Crippen molar-refractivity contribution in [3.05, 3.63) is 92.0 Å². The third-order valence-electron chi connectivity index (χ3n) is 10.1. The van der Waals surface area contributed by atoms with E-state index < -0.39 is 35.1 Å². The van der Waals surface area contributed by atoms with Gasteiger partial charge in [-0.1, -0.05) is 42.5 Å². The average molecular weight is 638 g/mol. The van der Waals surface area contributed by atoms with Crippen molar-refractivity contribution < 1.29 is 29.0 Å². The molecule has 6 atom stereocenters. The molecule has 9 heteroatoms. The van der Waals surface area contributed by atoms with Crippen molar-refractivity contribution in [1.82, 2.24) is 4.90 Å². The Labute approximate surface area is 276 Å². The highest BCUT2D eigenvalue weighted by atomic mass is 16.5. The van der Waals surface area contributed by atoms with Crippen LogP contribution in [-0.2, 0) is 19.1 Å². The first-order chi connectivity index (χ1) is 22.6. The van der Waals surface area contributed by atoms with Crippen LogP contribution >= 0.6 is 0 Å². The minimum Gasteiger partial charge on any atom is -0.494 e. The number of ether oxygens (including phenoxy) is 2. The van der Waals surface area contributed by atoms with Crippen molar-refractivity contribution in [3.8, 4) is 5.75 Å². The maximum Gasteiger partial charge on any atom is 0.253 e. The monoisotopic (exact) mass is 637 g/mol. The maximum atomic E-state index is 14.9. The van der Waals surface area contributed by atoms with E-state index in [-0.39, 0.29) is 37.4 Å². The van der Waals surface area contributed by atoms with Gasteiger partial charge in [-0.2, -0.15) is 0 Å². The van der Waals surface area contributed by atoms with E-state index in [0.717, 1.165) is 10.8 Å². The molecule has 3 aromatic carbocycles. The first-order valence-electron chi connectivity index (χ1n) is 16.3. The molecule has 9 nitrogen and oxygen atoms in total. The average Bonchev–Trinajstić information content (AvgIpc) is 3.66. The van der Waals surface area contributed by atoms with Crippen LogP contribution in [0.2, 0.25) is 0 Å². The summed E-state index contributed by atoms with van der Waals surface area (Å²) < 4.78 is 12.5. The molecule has 3 saturated heterocycles. The quantitative estimate of drug-likeness (QED) is 0.277. The van der Waals surface area contributed by atoms with Gasteiger partial charge in [0.05, 0.1) is 36.7 Å². The third kappa shape index (κ3) is 5.22. The fraction of sp³-hybridized carbons (Fsp3) is 0.395. The van der Waals surface area contributed by atoms with Gasteiger partial charge in [-0.15, -0.1) is 13.2 Å². The Hall–Kier alpha value is -4.47. The standard InChI is InChI=1S/C38H43N3O6/c1-6-21-39(28-15-17-30(18-16-28)46-8-3)34(43)31-32-35(44)41(25(4)24-42)33(38(32)20-19-37(31,5)47-38)36(45)40(22-7-2)29-14-13-26-11-9-10-12-27(26)23-29/h6-7,9-18,23,25,31-33,42H,1-2,8,19-22,24H2,3-5H3/t25-,31+,32+,33?,37-,38?/m1/s1. The number of aliphatic hydroxyl groups excluding tert-OH is 1. The van der Waals surface area contributed by atoms with Crippen LogP contribution in [0, 0.1) is 11.8 Å². The van der Waals surface area contributed by atoms with Gasteiger partial charge in [-0.05, 0) is 80.8 Å². The van der Waals surface area contributed by atoms with Crippen LogP contribution in [-0.4, -0.2) is 77.3 Å². The van der Waals surface area contributed by atoms with Crippen LogP contribution in [0.1, 0.15) is 33.6 Å². The number of carbonyl (C=O) groups excluding carboxylic acids is 3. The lowest BCUT2D eigenvalue weighted by Gasteiger charge is -2.38. The molecule has 0 aromatic heterocycles. The van der Waals surface area contributed by atoms with E-state index in [0.29, 0.717) is 36.6 Å². The van der Waals surface area contributed by atoms with E-state index in [1.54, 1.807) is 28.9 Å². The van der Waals surface area contributed by atoms with Gasteiger partial charge in [0, 0.05) is 24.5 Å². The fourth-order valence-electron chi connectivity index (χ4n) is 8.03. The van der Waals surface area contributed by atoms with Gasteiger partial charge in [0.15, 0.2) is 0 Å². The van der Waals surface area contributed by atoms with E-state index in [1.807, 2.05) is 80.6 Å². The van der Waals surface area contributed by atoms with E-state index in [1.165, 1.54) is 4.90 Å². The summed E-state index contributed by atoms with van der Waals surface area (Å²) in [4.78, 5) is 48.9. The molecular weight excluding hydrogens is 594 g/mol. The summed E-state index contributed by atoms with van der Waals surface area (Å²) in [7, 11) is 0. The number of carbonyl (C=O) groups is 3. The number of hydrogen-bond acceptors (Lipinski definition) is 6. The summed E-state index contributed by atoms with van der Waals surface area (Å²) in [6, 6.07) is 19.2. The van der Waals surface area contributed by atoms with Crippen LogP contribution < -0.4 is 14.5 Å². The lowest BCUT2D eigenvalue weighted by atomic mass is 9.66. The SMILES string of the molecule is C=CCN(C(=O)C1N([C@H](C)CO)C(=O)[C@@H]2[C@@H](C(=O)N(CC=C)c3ccc(OCC)cc3)[C@@]3(C)CCC12O3)c1ccc2ccccc2c1. The molecule has 246 valence electrons. The van der Waals surface area contributed by atoms with Gasteiger partial charge >= 0.3 is 0 Å². The Morgan fingerprint density at radius 1 is 1.00 bits per heavy atom. The number of amides is 3. The molecule has 3 heterocycles. The summed E-state index contributed by atoms with van der Waals surface area (Å²) in [5.41, 5.74) is -0.911. The molecule has 1 N–H and O–H groups in total. The second-order valence-corrected chi connectivity index (χ2v) is 12.9.